The Bertz CT molecular complexity index is 1650. The molecular formula is C26H22N4O6S4. The maximum absolute atomic E-state index is 12.8. The monoisotopic (exact) mass is 614 g/mol. The first-order valence-electron chi connectivity index (χ1n) is 11.3. The van der Waals surface area contributed by atoms with E-state index >= 15 is 0 Å². The predicted octanol–water partition coefficient (Wildman–Crippen LogP) is 4.29. The van der Waals surface area contributed by atoms with Crippen LogP contribution in [-0.2, 0) is 20.0 Å². The van der Waals surface area contributed by atoms with Crippen LogP contribution >= 0.6 is 21.6 Å². The molecule has 206 valence electrons. The van der Waals surface area contributed by atoms with Crippen molar-refractivity contribution in [1.82, 2.24) is 0 Å². The Labute approximate surface area is 239 Å². The summed E-state index contributed by atoms with van der Waals surface area (Å²) >= 11 is 0. The van der Waals surface area contributed by atoms with Gasteiger partial charge in [-0.1, -0.05) is 58.0 Å². The van der Waals surface area contributed by atoms with Gasteiger partial charge in [0.2, 0.25) is 20.0 Å². The van der Waals surface area contributed by atoms with E-state index in [1.54, 1.807) is 60.7 Å². The van der Waals surface area contributed by atoms with Crippen molar-refractivity contribution in [2.45, 2.75) is 19.6 Å². The van der Waals surface area contributed by atoms with Crippen molar-refractivity contribution in [3.8, 4) is 0 Å². The molecule has 6 N–H and O–H groups in total. The molecule has 10 nitrogen and oxygen atoms in total. The third kappa shape index (κ3) is 7.50. The van der Waals surface area contributed by atoms with Crippen LogP contribution in [-0.4, -0.2) is 28.6 Å². The lowest BCUT2D eigenvalue weighted by Crippen LogP contribution is -2.15. The van der Waals surface area contributed by atoms with Crippen LogP contribution in [0.1, 0.15) is 20.7 Å². The van der Waals surface area contributed by atoms with Crippen molar-refractivity contribution in [2.75, 3.05) is 10.6 Å². The topological polar surface area (TPSA) is 179 Å². The second-order valence-electron chi connectivity index (χ2n) is 8.21. The lowest BCUT2D eigenvalue weighted by Gasteiger charge is -2.15. The molecular weight excluding hydrogens is 593 g/mol. The van der Waals surface area contributed by atoms with E-state index in [4.69, 9.17) is 10.3 Å². The van der Waals surface area contributed by atoms with Gasteiger partial charge in [-0.05, 0) is 60.7 Å². The van der Waals surface area contributed by atoms with Gasteiger partial charge in [0.15, 0.2) is 0 Å². The third-order valence-electron chi connectivity index (χ3n) is 5.35. The molecule has 0 aliphatic rings. The molecule has 0 bridgehead atoms. The van der Waals surface area contributed by atoms with Crippen molar-refractivity contribution in [1.29, 1.82) is 0 Å². The molecule has 0 fully saturated rings. The summed E-state index contributed by atoms with van der Waals surface area (Å²) in [6, 6.07) is 24.7. The van der Waals surface area contributed by atoms with Crippen LogP contribution < -0.4 is 20.9 Å². The minimum absolute atomic E-state index is 0.191. The fourth-order valence-electron chi connectivity index (χ4n) is 3.36. The zero-order valence-electron chi connectivity index (χ0n) is 20.5. The van der Waals surface area contributed by atoms with Crippen LogP contribution in [0.5, 0.6) is 0 Å². The molecule has 0 saturated carbocycles. The Hall–Kier alpha value is -3.66. The smallest absolute Gasteiger partial charge is 0.255 e. The summed E-state index contributed by atoms with van der Waals surface area (Å²) in [6.45, 7) is 0. The summed E-state index contributed by atoms with van der Waals surface area (Å²) in [6.07, 6.45) is 0. The maximum atomic E-state index is 12.8. The number of primary sulfonamides is 2. The fourth-order valence-corrected chi connectivity index (χ4v) is 6.90. The molecule has 2 amide bonds. The maximum Gasteiger partial charge on any atom is 0.255 e. The largest absolute Gasteiger partial charge is 0.321 e. The third-order valence-corrected chi connectivity index (χ3v) is 9.62. The highest BCUT2D eigenvalue weighted by molar-refractivity contribution is 8.76. The van der Waals surface area contributed by atoms with E-state index in [2.05, 4.69) is 10.6 Å². The molecule has 14 heteroatoms. The van der Waals surface area contributed by atoms with Gasteiger partial charge in [0.1, 0.15) is 0 Å². The van der Waals surface area contributed by atoms with Gasteiger partial charge in [0.25, 0.3) is 11.8 Å². The molecule has 0 radical (unpaired) electrons. The van der Waals surface area contributed by atoms with Gasteiger partial charge in [-0.3, -0.25) is 9.59 Å². The number of hydrogen-bond donors (Lipinski definition) is 4. The molecule has 0 aliphatic heterocycles. The lowest BCUT2D eigenvalue weighted by atomic mass is 10.2. The number of hydrogen-bond acceptors (Lipinski definition) is 8. The number of nitrogens with one attached hydrogen (secondary N) is 2. The first kappa shape index (κ1) is 29.3. The summed E-state index contributed by atoms with van der Waals surface area (Å²) in [7, 11) is -6.11. The second kappa shape index (κ2) is 12.2. The average molecular weight is 615 g/mol. The van der Waals surface area contributed by atoms with Crippen molar-refractivity contribution in [2.24, 2.45) is 10.3 Å². The van der Waals surface area contributed by atoms with Gasteiger partial charge in [0.05, 0.1) is 21.2 Å². The number of amides is 2. The number of rotatable bonds is 9. The molecule has 40 heavy (non-hydrogen) atoms. The van der Waals surface area contributed by atoms with Crippen LogP contribution in [0.15, 0.2) is 117 Å². The number of benzene rings is 4. The normalized spacial score (nSPS) is 11.6. The second-order valence-corrected chi connectivity index (χ2v) is 13.5. The Morgan fingerprint density at radius 1 is 0.550 bits per heavy atom. The molecule has 0 aromatic heterocycles. The van der Waals surface area contributed by atoms with E-state index in [9.17, 15) is 26.4 Å². The van der Waals surface area contributed by atoms with E-state index in [1.165, 1.54) is 36.4 Å². The van der Waals surface area contributed by atoms with Crippen molar-refractivity contribution in [3.63, 3.8) is 0 Å². The van der Waals surface area contributed by atoms with Gasteiger partial charge in [-0.15, -0.1) is 0 Å². The van der Waals surface area contributed by atoms with Crippen LogP contribution in [0.2, 0.25) is 0 Å². The lowest BCUT2D eigenvalue weighted by molar-refractivity contribution is 0.101. The highest BCUT2D eigenvalue weighted by Gasteiger charge is 2.18. The Morgan fingerprint density at radius 3 is 1.23 bits per heavy atom. The van der Waals surface area contributed by atoms with E-state index in [-0.39, 0.29) is 21.2 Å². The minimum atomic E-state index is -4.07. The molecule has 0 atom stereocenters. The number of anilines is 2. The van der Waals surface area contributed by atoms with Gasteiger partial charge >= 0.3 is 0 Å². The molecule has 0 aliphatic carbocycles. The van der Waals surface area contributed by atoms with Crippen molar-refractivity contribution < 1.29 is 26.4 Å². The highest BCUT2D eigenvalue weighted by atomic mass is 33.1. The number of carbonyl (C=O) groups excluding carboxylic acids is 2. The SMILES string of the molecule is NS(=O)(=O)c1ccc(NC(=O)c2ccccc2)c(SSc2cc(S(N)(=O)=O)ccc2NC(=O)c2ccccc2)c1. The zero-order chi connectivity index (χ0) is 28.9. The van der Waals surface area contributed by atoms with Crippen LogP contribution in [0.4, 0.5) is 11.4 Å². The van der Waals surface area contributed by atoms with Crippen molar-refractivity contribution in [3.05, 3.63) is 108 Å². The Kier molecular flexibility index (Phi) is 8.98. The molecule has 0 spiro atoms. The summed E-state index contributed by atoms with van der Waals surface area (Å²) in [5.41, 5.74) is 1.34. The van der Waals surface area contributed by atoms with Gasteiger partial charge in [-0.25, -0.2) is 27.1 Å². The summed E-state index contributed by atoms with van der Waals surface area (Å²) in [5.74, 6) is -0.856. The molecule has 0 unspecified atom stereocenters. The summed E-state index contributed by atoms with van der Waals surface area (Å²) in [5, 5.41) is 16.1. The fraction of sp³-hybridized carbons (Fsp3) is 0. The number of nitrogens with two attached hydrogens (primary N) is 2. The number of sulfonamides is 2. The first-order valence-corrected chi connectivity index (χ1v) is 16.6. The first-order chi connectivity index (χ1) is 18.9. The van der Waals surface area contributed by atoms with E-state index in [1.807, 2.05) is 0 Å². The quantitative estimate of drug-likeness (QED) is 0.202. The molecule has 4 aromatic rings. The Morgan fingerprint density at radius 2 is 0.900 bits per heavy atom. The van der Waals surface area contributed by atoms with Crippen LogP contribution in [0, 0.1) is 0 Å². The standard InChI is InChI=1S/C26H22N4O6S4/c27-39(33,34)19-11-13-21(29-25(31)17-7-3-1-4-8-17)23(15-19)37-38-24-16-20(40(28,35)36)12-14-22(24)30-26(32)18-9-5-2-6-10-18/h1-16H,(H,29,31)(H,30,32)(H2,27,33,34)(H2,28,35,36). The Balaban J connectivity index is 1.68. The molecule has 0 saturated heterocycles. The molecule has 4 aromatic carbocycles. The van der Waals surface area contributed by atoms with Gasteiger partial charge < -0.3 is 10.6 Å². The highest BCUT2D eigenvalue weighted by Crippen LogP contribution is 2.45. The molecule has 0 heterocycles. The van der Waals surface area contributed by atoms with E-state index in [0.29, 0.717) is 20.9 Å². The van der Waals surface area contributed by atoms with E-state index in [0.717, 1.165) is 21.6 Å². The van der Waals surface area contributed by atoms with Gasteiger partial charge in [-0.2, -0.15) is 0 Å². The van der Waals surface area contributed by atoms with Crippen LogP contribution in [0.3, 0.4) is 0 Å². The van der Waals surface area contributed by atoms with Gasteiger partial charge in [0, 0.05) is 20.9 Å². The van der Waals surface area contributed by atoms with Crippen LogP contribution in [0.25, 0.3) is 0 Å². The predicted molar refractivity (Wildman–Crippen MR) is 156 cm³/mol. The minimum Gasteiger partial charge on any atom is -0.321 e. The number of carbonyl (C=O) groups is 2. The van der Waals surface area contributed by atoms with Crippen molar-refractivity contribution >= 4 is 64.8 Å². The average Bonchev–Trinajstić information content (AvgIpc) is 2.92. The zero-order valence-corrected chi connectivity index (χ0v) is 23.7. The van der Waals surface area contributed by atoms with E-state index < -0.39 is 31.9 Å². The summed E-state index contributed by atoms with van der Waals surface area (Å²) in [4.78, 5) is 25.8. The summed E-state index contributed by atoms with van der Waals surface area (Å²) < 4.78 is 48.1. The molecule has 4 rings (SSSR count).